The quantitative estimate of drug-likeness (QED) is 0.317. The van der Waals surface area contributed by atoms with Crippen molar-refractivity contribution in [3.63, 3.8) is 0 Å². The molecule has 0 saturated heterocycles. The van der Waals surface area contributed by atoms with E-state index >= 15 is 0 Å². The van der Waals surface area contributed by atoms with Gasteiger partial charge in [-0.15, -0.1) is 0 Å². The fraction of sp³-hybridized carbons (Fsp3) is 0.0500. The summed E-state index contributed by atoms with van der Waals surface area (Å²) in [5.41, 5.74) is 2.28. The smallest absolute Gasteiger partial charge is 0.150 e. The largest absolute Gasteiger partial charge is 0.467 e. The number of hydrogen-bond acceptors (Lipinski definition) is 4. The molecule has 1 heterocycles. The van der Waals surface area contributed by atoms with Crippen LogP contribution in [-0.2, 0) is 4.79 Å². The summed E-state index contributed by atoms with van der Waals surface area (Å²) in [5.74, 6) is 0.656. The van der Waals surface area contributed by atoms with E-state index in [0.29, 0.717) is 11.3 Å². The molecule has 2 aromatic carbocycles. The number of hydrogen-bond donors (Lipinski definition) is 2. The third-order valence-corrected chi connectivity index (χ3v) is 4.76. The SMILES string of the molecule is O=CC(=CNc1ccc(Br)cc1)C(Nc1ccc(Br)cc1)c1ccco1. The van der Waals surface area contributed by atoms with E-state index in [-0.39, 0.29) is 0 Å². The van der Waals surface area contributed by atoms with Crippen LogP contribution in [0.3, 0.4) is 0 Å². The predicted molar refractivity (Wildman–Crippen MR) is 111 cm³/mol. The van der Waals surface area contributed by atoms with Gasteiger partial charge in [0.15, 0.2) is 0 Å². The number of halogens is 2. The van der Waals surface area contributed by atoms with E-state index in [2.05, 4.69) is 42.5 Å². The van der Waals surface area contributed by atoms with E-state index in [4.69, 9.17) is 4.42 Å². The molecule has 0 bridgehead atoms. The van der Waals surface area contributed by atoms with Crippen molar-refractivity contribution >= 4 is 49.5 Å². The molecule has 0 fully saturated rings. The van der Waals surface area contributed by atoms with Gasteiger partial charge in [0, 0.05) is 32.1 Å². The van der Waals surface area contributed by atoms with Crippen molar-refractivity contribution in [2.24, 2.45) is 0 Å². The number of rotatable bonds is 7. The van der Waals surface area contributed by atoms with E-state index in [1.807, 2.05) is 54.6 Å². The lowest BCUT2D eigenvalue weighted by Gasteiger charge is -2.18. The third-order valence-electron chi connectivity index (χ3n) is 3.70. The molecule has 132 valence electrons. The summed E-state index contributed by atoms with van der Waals surface area (Å²) in [7, 11) is 0. The number of carbonyl (C=O) groups excluding carboxylic acids is 1. The average Bonchev–Trinajstić information content (AvgIpc) is 3.18. The van der Waals surface area contributed by atoms with Crippen LogP contribution in [0.25, 0.3) is 0 Å². The number of carbonyl (C=O) groups is 1. The molecule has 0 spiro atoms. The minimum absolute atomic E-state index is 0.411. The molecule has 0 aliphatic carbocycles. The summed E-state index contributed by atoms with van der Waals surface area (Å²) in [6.45, 7) is 0. The van der Waals surface area contributed by atoms with Gasteiger partial charge in [-0.1, -0.05) is 31.9 Å². The minimum atomic E-state index is -0.411. The van der Waals surface area contributed by atoms with E-state index in [1.54, 1.807) is 18.5 Å². The van der Waals surface area contributed by atoms with Crippen molar-refractivity contribution in [2.45, 2.75) is 6.04 Å². The summed E-state index contributed by atoms with van der Waals surface area (Å²) >= 11 is 6.83. The number of nitrogens with one attached hydrogen (secondary N) is 2. The van der Waals surface area contributed by atoms with Crippen molar-refractivity contribution in [3.8, 4) is 0 Å². The molecule has 4 nitrogen and oxygen atoms in total. The number of anilines is 2. The van der Waals surface area contributed by atoms with Gasteiger partial charge >= 0.3 is 0 Å². The maximum Gasteiger partial charge on any atom is 0.150 e. The highest BCUT2D eigenvalue weighted by atomic mass is 79.9. The fourth-order valence-electron chi connectivity index (χ4n) is 2.39. The van der Waals surface area contributed by atoms with Crippen LogP contribution in [0.5, 0.6) is 0 Å². The Bertz CT molecular complexity index is 873. The number of furan rings is 1. The summed E-state index contributed by atoms with van der Waals surface area (Å²) in [6.07, 6.45) is 4.11. The lowest BCUT2D eigenvalue weighted by Crippen LogP contribution is -2.15. The molecule has 1 unspecified atom stereocenters. The van der Waals surface area contributed by atoms with Crippen LogP contribution in [0.2, 0.25) is 0 Å². The molecule has 3 rings (SSSR count). The van der Waals surface area contributed by atoms with Crippen molar-refractivity contribution in [1.82, 2.24) is 0 Å². The Kier molecular flexibility index (Phi) is 6.30. The van der Waals surface area contributed by atoms with Crippen molar-refractivity contribution in [3.05, 3.63) is 93.4 Å². The number of benzene rings is 2. The second kappa shape index (κ2) is 8.87. The maximum absolute atomic E-state index is 11.8. The van der Waals surface area contributed by atoms with E-state index < -0.39 is 6.04 Å². The van der Waals surface area contributed by atoms with Crippen LogP contribution in [0.1, 0.15) is 11.8 Å². The fourth-order valence-corrected chi connectivity index (χ4v) is 2.91. The van der Waals surface area contributed by atoms with Crippen molar-refractivity contribution in [2.75, 3.05) is 10.6 Å². The standard InChI is InChI=1S/C20H16Br2N2O2/c21-15-3-7-17(8-4-15)23-12-14(13-25)20(19-2-1-11-26-19)24-18-9-5-16(22)6-10-18/h1-13,20,23-24H. The highest BCUT2D eigenvalue weighted by Gasteiger charge is 2.19. The van der Waals surface area contributed by atoms with Crippen LogP contribution in [-0.4, -0.2) is 6.29 Å². The van der Waals surface area contributed by atoms with E-state index in [1.165, 1.54) is 0 Å². The lowest BCUT2D eigenvalue weighted by atomic mass is 10.1. The first-order valence-corrected chi connectivity index (χ1v) is 9.47. The Morgan fingerprint density at radius 3 is 2.08 bits per heavy atom. The topological polar surface area (TPSA) is 54.3 Å². The van der Waals surface area contributed by atoms with Crippen LogP contribution in [0.15, 0.2) is 92.1 Å². The highest BCUT2D eigenvalue weighted by molar-refractivity contribution is 9.10. The van der Waals surface area contributed by atoms with Gasteiger partial charge in [-0.3, -0.25) is 4.79 Å². The minimum Gasteiger partial charge on any atom is -0.467 e. The Labute approximate surface area is 168 Å². The zero-order valence-electron chi connectivity index (χ0n) is 13.7. The van der Waals surface area contributed by atoms with Gasteiger partial charge in [-0.2, -0.15) is 0 Å². The molecule has 1 atom stereocenters. The maximum atomic E-state index is 11.8. The molecule has 0 aliphatic rings. The van der Waals surface area contributed by atoms with Crippen LogP contribution in [0.4, 0.5) is 11.4 Å². The monoisotopic (exact) mass is 474 g/mol. The summed E-state index contributed by atoms with van der Waals surface area (Å²) in [4.78, 5) is 11.8. The average molecular weight is 476 g/mol. The van der Waals surface area contributed by atoms with Gasteiger partial charge < -0.3 is 15.1 Å². The van der Waals surface area contributed by atoms with Gasteiger partial charge in [0.25, 0.3) is 0 Å². The van der Waals surface area contributed by atoms with Crippen molar-refractivity contribution < 1.29 is 9.21 Å². The zero-order chi connectivity index (χ0) is 18.4. The molecule has 0 amide bonds. The van der Waals surface area contributed by atoms with E-state index in [0.717, 1.165) is 26.6 Å². The van der Waals surface area contributed by atoms with Gasteiger partial charge in [0.2, 0.25) is 0 Å². The molecular formula is C20H16Br2N2O2. The molecule has 2 N–H and O–H groups in total. The second-order valence-corrected chi connectivity index (χ2v) is 7.34. The normalized spacial score (nSPS) is 12.5. The second-order valence-electron chi connectivity index (χ2n) is 5.51. The van der Waals surface area contributed by atoms with Crippen molar-refractivity contribution in [1.29, 1.82) is 0 Å². The van der Waals surface area contributed by atoms with Crippen LogP contribution >= 0.6 is 31.9 Å². The zero-order valence-corrected chi connectivity index (χ0v) is 16.8. The third kappa shape index (κ3) is 4.86. The van der Waals surface area contributed by atoms with Crippen LogP contribution < -0.4 is 10.6 Å². The molecule has 3 aromatic rings. The van der Waals surface area contributed by atoms with Crippen LogP contribution in [0, 0.1) is 0 Å². The summed E-state index contributed by atoms with van der Waals surface area (Å²) in [5, 5.41) is 6.50. The van der Waals surface area contributed by atoms with E-state index in [9.17, 15) is 4.79 Å². The Morgan fingerprint density at radius 1 is 0.923 bits per heavy atom. The molecule has 6 heteroatoms. The number of aldehydes is 1. The molecule has 26 heavy (non-hydrogen) atoms. The molecule has 0 saturated carbocycles. The molecule has 0 aliphatic heterocycles. The summed E-state index contributed by atoms with van der Waals surface area (Å²) in [6, 6.07) is 18.7. The highest BCUT2D eigenvalue weighted by Crippen LogP contribution is 2.27. The van der Waals surface area contributed by atoms with Gasteiger partial charge in [-0.25, -0.2) is 0 Å². The first kappa shape index (κ1) is 18.5. The predicted octanol–water partition coefficient (Wildman–Crippen LogP) is 6.15. The Hall–Kier alpha value is -2.31. The Morgan fingerprint density at radius 2 is 1.54 bits per heavy atom. The van der Waals surface area contributed by atoms with Gasteiger partial charge in [-0.05, 0) is 60.7 Å². The first-order chi connectivity index (χ1) is 12.7. The molecule has 1 aromatic heterocycles. The summed E-state index contributed by atoms with van der Waals surface area (Å²) < 4.78 is 7.52. The van der Waals surface area contributed by atoms with Gasteiger partial charge in [0.1, 0.15) is 18.1 Å². The van der Waals surface area contributed by atoms with Gasteiger partial charge in [0.05, 0.1) is 6.26 Å². The first-order valence-electron chi connectivity index (χ1n) is 7.88. The Balaban J connectivity index is 1.85. The molecule has 0 radical (unpaired) electrons. The lowest BCUT2D eigenvalue weighted by molar-refractivity contribution is -0.105. The molecular weight excluding hydrogens is 460 g/mol.